The summed E-state index contributed by atoms with van der Waals surface area (Å²) in [5, 5.41) is 7.07. The second kappa shape index (κ2) is 8.11. The second-order valence-corrected chi connectivity index (χ2v) is 7.21. The summed E-state index contributed by atoms with van der Waals surface area (Å²) in [4.78, 5) is 16.4. The molecular formula is C18H19N5OS2. The van der Waals surface area contributed by atoms with Gasteiger partial charge in [-0.1, -0.05) is 29.5 Å². The molecule has 0 atom stereocenters. The molecule has 3 aromatic rings. The van der Waals surface area contributed by atoms with Crippen molar-refractivity contribution in [3.8, 4) is 0 Å². The molecule has 0 aliphatic rings. The molecule has 0 radical (unpaired) electrons. The zero-order valence-electron chi connectivity index (χ0n) is 14.4. The molecule has 1 aromatic heterocycles. The first kappa shape index (κ1) is 18.1. The Labute approximate surface area is 161 Å². The van der Waals surface area contributed by atoms with Gasteiger partial charge < -0.3 is 10.6 Å². The molecule has 8 heteroatoms. The molecule has 26 heavy (non-hydrogen) atoms. The van der Waals surface area contributed by atoms with Crippen LogP contribution in [0.1, 0.15) is 11.1 Å². The molecule has 0 bridgehead atoms. The third-order valence-electron chi connectivity index (χ3n) is 3.77. The van der Waals surface area contributed by atoms with Gasteiger partial charge in [0.05, 0.1) is 16.8 Å². The quantitative estimate of drug-likeness (QED) is 0.408. The van der Waals surface area contributed by atoms with Gasteiger partial charge in [-0.25, -0.2) is 4.98 Å². The van der Waals surface area contributed by atoms with Gasteiger partial charge in [-0.05, 0) is 61.5 Å². The lowest BCUT2D eigenvalue weighted by molar-refractivity contribution is -0.119. The molecule has 0 saturated heterocycles. The molecular weight excluding hydrogens is 366 g/mol. The molecule has 1 heterocycles. The zero-order chi connectivity index (χ0) is 18.5. The topological polar surface area (TPSA) is 78.1 Å². The lowest BCUT2D eigenvalue weighted by Crippen LogP contribution is -2.45. The van der Waals surface area contributed by atoms with E-state index in [1.807, 2.05) is 56.3 Å². The number of aryl methyl sites for hydroxylation is 2. The van der Waals surface area contributed by atoms with Crippen molar-refractivity contribution in [2.45, 2.75) is 13.8 Å². The van der Waals surface area contributed by atoms with E-state index in [0.29, 0.717) is 10.2 Å². The molecule has 0 aliphatic heterocycles. The Morgan fingerprint density at radius 1 is 1.12 bits per heavy atom. The van der Waals surface area contributed by atoms with Crippen LogP contribution in [0.25, 0.3) is 10.2 Å². The monoisotopic (exact) mass is 385 g/mol. The average molecular weight is 386 g/mol. The van der Waals surface area contributed by atoms with Gasteiger partial charge in [-0.3, -0.25) is 15.6 Å². The summed E-state index contributed by atoms with van der Waals surface area (Å²) in [6.07, 6.45) is 0. The molecule has 0 spiro atoms. The highest BCUT2D eigenvalue weighted by atomic mass is 32.1. The molecule has 134 valence electrons. The largest absolute Gasteiger partial charge is 0.352 e. The first-order chi connectivity index (χ1) is 12.5. The molecule has 0 saturated carbocycles. The number of fused-ring (bicyclic) bond motifs is 1. The summed E-state index contributed by atoms with van der Waals surface area (Å²) in [7, 11) is 0. The van der Waals surface area contributed by atoms with Gasteiger partial charge >= 0.3 is 0 Å². The van der Waals surface area contributed by atoms with Crippen LogP contribution in [-0.2, 0) is 4.79 Å². The number of hydrogen-bond acceptors (Lipinski definition) is 5. The number of amides is 1. The molecule has 2 aromatic carbocycles. The maximum absolute atomic E-state index is 11.9. The highest BCUT2D eigenvalue weighted by Crippen LogP contribution is 2.24. The summed E-state index contributed by atoms with van der Waals surface area (Å²) >= 11 is 6.69. The number of carbonyl (C=O) groups is 1. The van der Waals surface area contributed by atoms with Gasteiger partial charge in [-0.15, -0.1) is 0 Å². The van der Waals surface area contributed by atoms with E-state index in [1.54, 1.807) is 0 Å². The van der Waals surface area contributed by atoms with Crippen molar-refractivity contribution in [3.05, 3.63) is 53.6 Å². The third-order valence-corrected chi connectivity index (χ3v) is 4.97. The van der Waals surface area contributed by atoms with Crippen LogP contribution >= 0.6 is 23.6 Å². The first-order valence-electron chi connectivity index (χ1n) is 8.04. The summed E-state index contributed by atoms with van der Waals surface area (Å²) < 4.78 is 1.08. The number of para-hydroxylation sites is 1. The van der Waals surface area contributed by atoms with E-state index in [4.69, 9.17) is 12.2 Å². The zero-order valence-corrected chi connectivity index (χ0v) is 16.1. The van der Waals surface area contributed by atoms with Crippen LogP contribution in [0, 0.1) is 13.8 Å². The van der Waals surface area contributed by atoms with Crippen LogP contribution in [0.15, 0.2) is 42.5 Å². The fraction of sp³-hybridized carbons (Fsp3) is 0.167. The Balaban J connectivity index is 1.44. The number of carbonyl (C=O) groups excluding carboxylic acids is 1. The molecule has 1 amide bonds. The van der Waals surface area contributed by atoms with Crippen LogP contribution in [-0.4, -0.2) is 22.5 Å². The molecule has 4 N–H and O–H groups in total. The van der Waals surface area contributed by atoms with Crippen LogP contribution in [0.3, 0.4) is 0 Å². The Morgan fingerprint density at radius 2 is 1.92 bits per heavy atom. The summed E-state index contributed by atoms with van der Waals surface area (Å²) in [5.41, 5.74) is 9.41. The van der Waals surface area contributed by atoms with E-state index in [9.17, 15) is 4.79 Å². The number of hydrogen-bond donors (Lipinski definition) is 4. The summed E-state index contributed by atoms with van der Waals surface area (Å²) in [6, 6.07) is 13.8. The number of aromatic nitrogens is 1. The molecule has 6 nitrogen and oxygen atoms in total. The fourth-order valence-corrected chi connectivity index (χ4v) is 3.29. The van der Waals surface area contributed by atoms with E-state index in [0.717, 1.165) is 15.9 Å². The maximum Gasteiger partial charge on any atom is 0.257 e. The Morgan fingerprint density at radius 3 is 2.69 bits per heavy atom. The third kappa shape index (κ3) is 4.68. The Hall–Kier alpha value is -2.71. The predicted molar refractivity (Wildman–Crippen MR) is 112 cm³/mol. The van der Waals surface area contributed by atoms with Crippen LogP contribution in [0.2, 0.25) is 0 Å². The number of rotatable bonds is 4. The Bertz CT molecular complexity index is 921. The standard InChI is InChI=1S/C18H19N5OS2/c1-11-7-8-13(9-12(11)2)20-17(25)23-22-16(24)10-19-18-21-14-5-3-4-6-15(14)26-18/h3-9H,10H2,1-2H3,(H,19,21)(H,22,24)(H2,20,23,25). The van der Waals surface area contributed by atoms with Gasteiger partial charge in [0.2, 0.25) is 0 Å². The summed E-state index contributed by atoms with van der Waals surface area (Å²) in [6.45, 7) is 4.18. The number of thiocarbonyl (C=S) groups is 1. The van der Waals surface area contributed by atoms with Crippen molar-refractivity contribution < 1.29 is 4.79 Å². The molecule has 0 aliphatic carbocycles. The average Bonchev–Trinajstić information content (AvgIpc) is 3.04. The lowest BCUT2D eigenvalue weighted by Gasteiger charge is -2.12. The van der Waals surface area contributed by atoms with Gasteiger partial charge in [0.15, 0.2) is 10.2 Å². The van der Waals surface area contributed by atoms with Crippen molar-refractivity contribution in [2.75, 3.05) is 17.2 Å². The highest BCUT2D eigenvalue weighted by Gasteiger charge is 2.06. The van der Waals surface area contributed by atoms with Crippen molar-refractivity contribution in [2.24, 2.45) is 0 Å². The number of thiazole rings is 1. The van der Waals surface area contributed by atoms with Crippen molar-refractivity contribution >= 4 is 55.6 Å². The number of benzene rings is 2. The molecule has 0 fully saturated rings. The summed E-state index contributed by atoms with van der Waals surface area (Å²) in [5.74, 6) is -0.242. The van der Waals surface area contributed by atoms with Gasteiger partial charge in [0.1, 0.15) is 0 Å². The second-order valence-electron chi connectivity index (χ2n) is 5.77. The van der Waals surface area contributed by atoms with Gasteiger partial charge in [0, 0.05) is 5.69 Å². The van der Waals surface area contributed by atoms with E-state index in [2.05, 4.69) is 26.5 Å². The van der Waals surface area contributed by atoms with E-state index >= 15 is 0 Å². The molecule has 3 rings (SSSR count). The van der Waals surface area contributed by atoms with Crippen LogP contribution < -0.4 is 21.5 Å². The number of hydrazine groups is 1. The number of nitrogens with one attached hydrogen (secondary N) is 4. The molecule has 0 unspecified atom stereocenters. The van der Waals surface area contributed by atoms with E-state index < -0.39 is 0 Å². The predicted octanol–water partition coefficient (Wildman–Crippen LogP) is 3.34. The first-order valence-corrected chi connectivity index (χ1v) is 9.26. The SMILES string of the molecule is Cc1ccc(NC(=S)NNC(=O)CNc2nc3ccccc3s2)cc1C. The minimum absolute atomic E-state index is 0.0963. The van der Waals surface area contributed by atoms with Crippen LogP contribution in [0.4, 0.5) is 10.8 Å². The number of nitrogens with zero attached hydrogens (tertiary/aromatic N) is 1. The smallest absolute Gasteiger partial charge is 0.257 e. The van der Waals surface area contributed by atoms with Gasteiger partial charge in [0.25, 0.3) is 5.91 Å². The van der Waals surface area contributed by atoms with Crippen molar-refractivity contribution in [3.63, 3.8) is 0 Å². The normalized spacial score (nSPS) is 10.4. The van der Waals surface area contributed by atoms with E-state index in [1.165, 1.54) is 22.5 Å². The van der Waals surface area contributed by atoms with Crippen molar-refractivity contribution in [1.82, 2.24) is 15.8 Å². The minimum Gasteiger partial charge on any atom is -0.352 e. The van der Waals surface area contributed by atoms with E-state index in [-0.39, 0.29) is 12.5 Å². The number of anilines is 2. The van der Waals surface area contributed by atoms with Crippen molar-refractivity contribution in [1.29, 1.82) is 0 Å². The Kier molecular flexibility index (Phi) is 5.65. The minimum atomic E-state index is -0.242. The van der Waals surface area contributed by atoms with Gasteiger partial charge in [-0.2, -0.15) is 0 Å². The van der Waals surface area contributed by atoms with Crippen LogP contribution in [0.5, 0.6) is 0 Å². The fourth-order valence-electron chi connectivity index (χ4n) is 2.26. The highest BCUT2D eigenvalue weighted by molar-refractivity contribution is 7.80. The maximum atomic E-state index is 11.9. The lowest BCUT2D eigenvalue weighted by atomic mass is 10.1.